The van der Waals surface area contributed by atoms with Gasteiger partial charge in [0.1, 0.15) is 0 Å². The quantitative estimate of drug-likeness (QED) is 0.674. The Hall–Kier alpha value is -0.980. The molecule has 80 valence electrons. The number of aryl methyl sites for hydroxylation is 1. The van der Waals surface area contributed by atoms with Crippen LogP contribution in [0, 0.1) is 18.8 Å². The fourth-order valence-electron chi connectivity index (χ4n) is 3.20. The molecule has 1 heterocycles. The lowest BCUT2D eigenvalue weighted by molar-refractivity contribution is 0.494. The third-order valence-corrected chi connectivity index (χ3v) is 4.13. The highest BCUT2D eigenvalue weighted by Crippen LogP contribution is 2.39. The first kappa shape index (κ1) is 9.26. The van der Waals surface area contributed by atoms with E-state index in [0.29, 0.717) is 0 Å². The highest BCUT2D eigenvalue weighted by atomic mass is 15.2. The molecule has 2 aliphatic rings. The van der Waals surface area contributed by atoms with Gasteiger partial charge in [0.2, 0.25) is 0 Å². The van der Waals surface area contributed by atoms with E-state index in [1.807, 2.05) is 0 Å². The summed E-state index contributed by atoms with van der Waals surface area (Å²) in [5, 5.41) is 0. The third kappa shape index (κ3) is 1.64. The van der Waals surface area contributed by atoms with E-state index in [1.54, 1.807) is 0 Å². The molecule has 2 unspecified atom stereocenters. The van der Waals surface area contributed by atoms with Crippen LogP contribution in [0.1, 0.15) is 24.8 Å². The van der Waals surface area contributed by atoms with Crippen molar-refractivity contribution in [2.45, 2.75) is 26.2 Å². The van der Waals surface area contributed by atoms with Crippen LogP contribution in [0.4, 0.5) is 5.69 Å². The molecule has 1 saturated carbocycles. The minimum Gasteiger partial charge on any atom is -0.371 e. The van der Waals surface area contributed by atoms with E-state index < -0.39 is 0 Å². The van der Waals surface area contributed by atoms with E-state index >= 15 is 0 Å². The number of benzene rings is 1. The Labute approximate surface area is 92.1 Å². The van der Waals surface area contributed by atoms with Gasteiger partial charge in [-0.25, -0.2) is 0 Å². The minimum absolute atomic E-state index is 0.992. The molecule has 3 rings (SSSR count). The van der Waals surface area contributed by atoms with Gasteiger partial charge in [-0.1, -0.05) is 24.1 Å². The second-order valence-electron chi connectivity index (χ2n) is 5.19. The number of fused-ring (bicyclic) bond motifs is 1. The largest absolute Gasteiger partial charge is 0.371 e. The van der Waals surface area contributed by atoms with Crippen LogP contribution in [0.2, 0.25) is 0 Å². The molecule has 1 saturated heterocycles. The second-order valence-corrected chi connectivity index (χ2v) is 5.19. The Morgan fingerprint density at radius 3 is 2.20 bits per heavy atom. The van der Waals surface area contributed by atoms with Crippen LogP contribution >= 0.6 is 0 Å². The van der Waals surface area contributed by atoms with Gasteiger partial charge in [0.05, 0.1) is 0 Å². The van der Waals surface area contributed by atoms with Crippen LogP contribution in [-0.2, 0) is 0 Å². The molecule has 1 heteroatoms. The van der Waals surface area contributed by atoms with Gasteiger partial charge in [-0.2, -0.15) is 0 Å². The first-order valence-electron chi connectivity index (χ1n) is 6.14. The molecule has 0 amide bonds. The number of anilines is 1. The number of rotatable bonds is 1. The molecule has 15 heavy (non-hydrogen) atoms. The standard InChI is InChI=1S/C14H19N/c1-11-5-7-14(8-6-11)15-9-12-3-2-4-13(12)10-15/h5-8,12-13H,2-4,9-10H2,1H3. The average Bonchev–Trinajstić information content (AvgIpc) is 2.78. The third-order valence-electron chi connectivity index (χ3n) is 4.13. The molecule has 2 atom stereocenters. The van der Waals surface area contributed by atoms with Crippen LogP contribution in [0.15, 0.2) is 24.3 Å². The summed E-state index contributed by atoms with van der Waals surface area (Å²) < 4.78 is 0. The highest BCUT2D eigenvalue weighted by Gasteiger charge is 2.35. The summed E-state index contributed by atoms with van der Waals surface area (Å²) >= 11 is 0. The van der Waals surface area contributed by atoms with Gasteiger partial charge in [-0.15, -0.1) is 0 Å². The SMILES string of the molecule is Cc1ccc(N2CC3CCCC3C2)cc1. The summed E-state index contributed by atoms with van der Waals surface area (Å²) in [5.41, 5.74) is 2.79. The molecule has 1 aromatic carbocycles. The van der Waals surface area contributed by atoms with Crippen LogP contribution in [0.5, 0.6) is 0 Å². The lowest BCUT2D eigenvalue weighted by atomic mass is 10.0. The number of hydrogen-bond acceptors (Lipinski definition) is 1. The summed E-state index contributed by atoms with van der Waals surface area (Å²) in [6, 6.07) is 9.00. The van der Waals surface area contributed by atoms with Gasteiger partial charge in [0.15, 0.2) is 0 Å². The zero-order valence-corrected chi connectivity index (χ0v) is 9.45. The highest BCUT2D eigenvalue weighted by molar-refractivity contribution is 5.48. The van der Waals surface area contributed by atoms with Gasteiger partial charge < -0.3 is 4.90 Å². The molecule has 1 nitrogen and oxygen atoms in total. The van der Waals surface area contributed by atoms with Crippen molar-refractivity contribution >= 4 is 5.69 Å². The van der Waals surface area contributed by atoms with Gasteiger partial charge in [0.25, 0.3) is 0 Å². The van der Waals surface area contributed by atoms with Crippen molar-refractivity contribution < 1.29 is 0 Å². The molecule has 0 bridgehead atoms. The smallest absolute Gasteiger partial charge is 0.0366 e. The van der Waals surface area contributed by atoms with Crippen molar-refractivity contribution in [3.05, 3.63) is 29.8 Å². The topological polar surface area (TPSA) is 3.24 Å². The van der Waals surface area contributed by atoms with Crippen molar-refractivity contribution in [2.75, 3.05) is 18.0 Å². The number of nitrogens with zero attached hydrogens (tertiary/aromatic N) is 1. The zero-order chi connectivity index (χ0) is 10.3. The molecule has 0 radical (unpaired) electrons. The molecular weight excluding hydrogens is 182 g/mol. The predicted molar refractivity (Wildman–Crippen MR) is 64.2 cm³/mol. The van der Waals surface area contributed by atoms with E-state index in [9.17, 15) is 0 Å². The lowest BCUT2D eigenvalue weighted by Gasteiger charge is -2.19. The van der Waals surface area contributed by atoms with Crippen molar-refractivity contribution in [1.29, 1.82) is 0 Å². The van der Waals surface area contributed by atoms with Crippen molar-refractivity contribution in [2.24, 2.45) is 11.8 Å². The average molecular weight is 201 g/mol. The number of hydrogen-bond donors (Lipinski definition) is 0. The molecular formula is C14H19N. The van der Waals surface area contributed by atoms with Crippen LogP contribution in [-0.4, -0.2) is 13.1 Å². The fourth-order valence-corrected chi connectivity index (χ4v) is 3.20. The lowest BCUT2D eigenvalue weighted by Crippen LogP contribution is -2.20. The maximum Gasteiger partial charge on any atom is 0.0366 e. The molecule has 1 aromatic rings. The van der Waals surface area contributed by atoms with E-state index in [4.69, 9.17) is 0 Å². The Morgan fingerprint density at radius 1 is 1.00 bits per heavy atom. The monoisotopic (exact) mass is 201 g/mol. The van der Waals surface area contributed by atoms with Gasteiger partial charge in [0, 0.05) is 18.8 Å². The Kier molecular flexibility index (Phi) is 2.19. The maximum absolute atomic E-state index is 2.58. The van der Waals surface area contributed by atoms with Crippen molar-refractivity contribution in [3.8, 4) is 0 Å². The van der Waals surface area contributed by atoms with Crippen LogP contribution in [0.25, 0.3) is 0 Å². The normalized spacial score (nSPS) is 29.5. The predicted octanol–water partition coefficient (Wildman–Crippen LogP) is 3.23. The minimum atomic E-state index is 0.992. The molecule has 1 aliphatic heterocycles. The van der Waals surface area contributed by atoms with Crippen LogP contribution < -0.4 is 4.90 Å². The second kappa shape index (κ2) is 3.55. The van der Waals surface area contributed by atoms with Gasteiger partial charge in [-0.3, -0.25) is 0 Å². The summed E-state index contributed by atoms with van der Waals surface area (Å²) in [6.07, 6.45) is 4.40. The van der Waals surface area contributed by atoms with Gasteiger partial charge >= 0.3 is 0 Å². The van der Waals surface area contributed by atoms with Crippen molar-refractivity contribution in [1.82, 2.24) is 0 Å². The van der Waals surface area contributed by atoms with E-state index in [0.717, 1.165) is 11.8 Å². The Bertz CT molecular complexity index is 329. The first-order chi connectivity index (χ1) is 7.33. The molecule has 0 spiro atoms. The fraction of sp³-hybridized carbons (Fsp3) is 0.571. The van der Waals surface area contributed by atoms with Crippen LogP contribution in [0.3, 0.4) is 0 Å². The summed E-state index contributed by atoms with van der Waals surface area (Å²) in [7, 11) is 0. The first-order valence-corrected chi connectivity index (χ1v) is 6.14. The maximum atomic E-state index is 2.58. The van der Waals surface area contributed by atoms with Crippen molar-refractivity contribution in [3.63, 3.8) is 0 Å². The van der Waals surface area contributed by atoms with E-state index in [1.165, 1.54) is 43.6 Å². The Balaban J connectivity index is 1.76. The van der Waals surface area contributed by atoms with Gasteiger partial charge in [-0.05, 0) is 43.7 Å². The zero-order valence-electron chi connectivity index (χ0n) is 9.45. The summed E-state index contributed by atoms with van der Waals surface area (Å²) in [5.74, 6) is 1.98. The molecule has 0 N–H and O–H groups in total. The molecule has 2 fully saturated rings. The Morgan fingerprint density at radius 2 is 1.60 bits per heavy atom. The molecule has 0 aromatic heterocycles. The summed E-state index contributed by atoms with van der Waals surface area (Å²) in [4.78, 5) is 2.58. The molecule has 1 aliphatic carbocycles. The van der Waals surface area contributed by atoms with E-state index in [2.05, 4.69) is 36.1 Å². The summed E-state index contributed by atoms with van der Waals surface area (Å²) in [6.45, 7) is 4.75. The van der Waals surface area contributed by atoms with E-state index in [-0.39, 0.29) is 0 Å².